The summed E-state index contributed by atoms with van der Waals surface area (Å²) in [5.41, 5.74) is 2.97. The minimum atomic E-state index is 0.599. The molecule has 0 atom stereocenters. The molecule has 4 fully saturated rings. The summed E-state index contributed by atoms with van der Waals surface area (Å²) in [5.74, 6) is 4.42. The van der Waals surface area contributed by atoms with E-state index in [1.54, 1.807) is 12.4 Å². The maximum Gasteiger partial charge on any atom is 0.150 e. The molecule has 4 aliphatic rings. The van der Waals surface area contributed by atoms with Crippen molar-refractivity contribution in [2.75, 3.05) is 42.9 Å². The average Bonchev–Trinajstić information content (AvgIpc) is 3.69. The maximum atomic E-state index is 5.02. The van der Waals surface area contributed by atoms with E-state index in [0.29, 0.717) is 11.3 Å². The molecule has 164 valence electrons. The van der Waals surface area contributed by atoms with E-state index in [2.05, 4.69) is 37.2 Å². The number of hydrogen-bond donors (Lipinski definition) is 1. The average molecular weight is 419 g/mol. The van der Waals surface area contributed by atoms with E-state index < -0.39 is 0 Å². The molecule has 2 aromatic rings. The second-order valence-electron chi connectivity index (χ2n) is 10.5. The van der Waals surface area contributed by atoms with Crippen LogP contribution >= 0.6 is 0 Å². The number of piperidine rings is 1. The van der Waals surface area contributed by atoms with Crippen molar-refractivity contribution in [1.29, 1.82) is 0 Å². The molecule has 0 unspecified atom stereocenters. The third kappa shape index (κ3) is 4.40. The Balaban J connectivity index is 1.23. The van der Waals surface area contributed by atoms with E-state index in [-0.39, 0.29) is 0 Å². The summed E-state index contributed by atoms with van der Waals surface area (Å²) in [6, 6.07) is 4.64. The van der Waals surface area contributed by atoms with Crippen LogP contribution < -0.4 is 10.2 Å². The molecular weight excluding hydrogens is 384 g/mol. The molecule has 0 aromatic carbocycles. The lowest BCUT2D eigenvalue weighted by molar-refractivity contribution is 0.204. The zero-order chi connectivity index (χ0) is 20.8. The van der Waals surface area contributed by atoms with E-state index in [0.717, 1.165) is 35.6 Å². The lowest BCUT2D eigenvalue weighted by Crippen LogP contribution is -2.34. The first-order chi connectivity index (χ1) is 15.1. The molecule has 0 amide bonds. The van der Waals surface area contributed by atoms with Gasteiger partial charge < -0.3 is 15.1 Å². The number of hydrogen-bond acceptors (Lipinski definition) is 6. The van der Waals surface area contributed by atoms with Crippen molar-refractivity contribution in [2.45, 2.75) is 57.8 Å². The predicted molar refractivity (Wildman–Crippen MR) is 124 cm³/mol. The second kappa shape index (κ2) is 7.73. The Morgan fingerprint density at radius 1 is 0.968 bits per heavy atom. The van der Waals surface area contributed by atoms with Crippen LogP contribution in [0, 0.1) is 18.3 Å². The molecule has 31 heavy (non-hydrogen) atoms. The summed E-state index contributed by atoms with van der Waals surface area (Å²) < 4.78 is 0. The molecule has 6 heteroatoms. The third-order valence-corrected chi connectivity index (χ3v) is 7.86. The number of aromatic nitrogens is 3. The van der Waals surface area contributed by atoms with Gasteiger partial charge in [0.2, 0.25) is 0 Å². The number of aryl methyl sites for hydroxylation is 1. The standard InChI is InChI=1S/C25H34N6/c1-18-14-27-23(15-26-18)28-22-12-21(20-4-9-30(10-5-20)16-19-2-3-19)13-24(29-22)31-11-8-25(17-31)6-7-25/h12-15,19-20H,2-11,16-17H2,1H3,(H,27,28,29). The van der Waals surface area contributed by atoms with Crippen molar-refractivity contribution in [3.63, 3.8) is 0 Å². The van der Waals surface area contributed by atoms with Crippen LogP contribution in [0.4, 0.5) is 17.5 Å². The largest absolute Gasteiger partial charge is 0.356 e. The van der Waals surface area contributed by atoms with Gasteiger partial charge in [0.25, 0.3) is 0 Å². The fourth-order valence-corrected chi connectivity index (χ4v) is 5.42. The van der Waals surface area contributed by atoms with Gasteiger partial charge in [-0.1, -0.05) is 0 Å². The van der Waals surface area contributed by atoms with Crippen LogP contribution in [0.25, 0.3) is 0 Å². The monoisotopic (exact) mass is 418 g/mol. The summed E-state index contributed by atoms with van der Waals surface area (Å²) in [7, 11) is 0. The first-order valence-electron chi connectivity index (χ1n) is 12.2. The van der Waals surface area contributed by atoms with Crippen LogP contribution in [-0.2, 0) is 0 Å². The third-order valence-electron chi connectivity index (χ3n) is 7.86. The Morgan fingerprint density at radius 2 is 1.81 bits per heavy atom. The summed E-state index contributed by atoms with van der Waals surface area (Å²) >= 11 is 0. The summed E-state index contributed by atoms with van der Waals surface area (Å²) in [4.78, 5) is 19.1. The normalized spacial score (nSPS) is 23.5. The van der Waals surface area contributed by atoms with Crippen LogP contribution in [0.5, 0.6) is 0 Å². The van der Waals surface area contributed by atoms with Crippen LogP contribution in [0.15, 0.2) is 24.5 Å². The molecule has 0 radical (unpaired) electrons. The minimum absolute atomic E-state index is 0.599. The maximum absolute atomic E-state index is 5.02. The highest BCUT2D eigenvalue weighted by Gasteiger charge is 2.48. The molecule has 0 bridgehead atoms. The lowest BCUT2D eigenvalue weighted by Gasteiger charge is -2.32. The highest BCUT2D eigenvalue weighted by atomic mass is 15.2. The van der Waals surface area contributed by atoms with Crippen molar-refractivity contribution in [2.24, 2.45) is 11.3 Å². The van der Waals surface area contributed by atoms with Gasteiger partial charge in [-0.25, -0.2) is 9.97 Å². The van der Waals surface area contributed by atoms with Gasteiger partial charge in [-0.15, -0.1) is 0 Å². The zero-order valence-corrected chi connectivity index (χ0v) is 18.7. The number of nitrogens with zero attached hydrogens (tertiary/aromatic N) is 5. The van der Waals surface area contributed by atoms with E-state index in [1.807, 2.05) is 6.92 Å². The van der Waals surface area contributed by atoms with Gasteiger partial charge in [-0.2, -0.15) is 0 Å². The smallest absolute Gasteiger partial charge is 0.150 e. The van der Waals surface area contributed by atoms with Crippen LogP contribution in [-0.4, -0.2) is 52.6 Å². The molecule has 2 aromatic heterocycles. The highest BCUT2D eigenvalue weighted by Crippen LogP contribution is 2.53. The molecule has 4 heterocycles. The topological polar surface area (TPSA) is 57.2 Å². The number of rotatable bonds is 6. The molecule has 2 aliphatic carbocycles. The van der Waals surface area contributed by atoms with E-state index >= 15 is 0 Å². The molecule has 2 saturated heterocycles. The van der Waals surface area contributed by atoms with Gasteiger partial charge in [0, 0.05) is 19.6 Å². The number of likely N-dealkylation sites (tertiary alicyclic amines) is 1. The molecule has 2 aliphatic heterocycles. The molecule has 2 saturated carbocycles. The number of nitrogens with one attached hydrogen (secondary N) is 1. The first kappa shape index (κ1) is 19.5. The quantitative estimate of drug-likeness (QED) is 0.745. The predicted octanol–water partition coefficient (Wildman–Crippen LogP) is 4.50. The van der Waals surface area contributed by atoms with Crippen LogP contribution in [0.3, 0.4) is 0 Å². The van der Waals surface area contributed by atoms with Gasteiger partial charge in [0.1, 0.15) is 17.5 Å². The SMILES string of the molecule is Cc1cnc(Nc2cc(C3CCN(CC4CC4)CC3)cc(N3CCC4(CC4)C3)n2)cn1. The second-order valence-corrected chi connectivity index (χ2v) is 10.5. The fraction of sp³-hybridized carbons (Fsp3) is 0.640. The molecule has 1 N–H and O–H groups in total. The number of anilines is 3. The van der Waals surface area contributed by atoms with E-state index in [1.165, 1.54) is 76.7 Å². The van der Waals surface area contributed by atoms with E-state index in [4.69, 9.17) is 4.98 Å². The Morgan fingerprint density at radius 3 is 2.48 bits per heavy atom. The van der Waals surface area contributed by atoms with Crippen LogP contribution in [0.1, 0.15) is 62.1 Å². The first-order valence-corrected chi connectivity index (χ1v) is 12.2. The molecular formula is C25H34N6. The van der Waals surface area contributed by atoms with Gasteiger partial charge in [-0.3, -0.25) is 4.98 Å². The van der Waals surface area contributed by atoms with Crippen molar-refractivity contribution in [1.82, 2.24) is 19.9 Å². The Kier molecular flexibility index (Phi) is 4.86. The minimum Gasteiger partial charge on any atom is -0.356 e. The summed E-state index contributed by atoms with van der Waals surface area (Å²) in [6.07, 6.45) is 13.1. The Labute approximate surface area is 185 Å². The Bertz CT molecular complexity index is 926. The van der Waals surface area contributed by atoms with Crippen molar-refractivity contribution in [3.8, 4) is 0 Å². The summed E-state index contributed by atoms with van der Waals surface area (Å²) in [5, 5.41) is 3.43. The fourth-order valence-electron chi connectivity index (χ4n) is 5.42. The summed E-state index contributed by atoms with van der Waals surface area (Å²) in [6.45, 7) is 8.07. The lowest BCUT2D eigenvalue weighted by atomic mass is 9.89. The molecule has 1 spiro atoms. The van der Waals surface area contributed by atoms with Gasteiger partial charge >= 0.3 is 0 Å². The highest BCUT2D eigenvalue weighted by molar-refractivity contribution is 5.58. The van der Waals surface area contributed by atoms with Crippen molar-refractivity contribution in [3.05, 3.63) is 35.8 Å². The zero-order valence-electron chi connectivity index (χ0n) is 18.7. The van der Waals surface area contributed by atoms with Gasteiger partial charge in [-0.05, 0) is 99.9 Å². The van der Waals surface area contributed by atoms with E-state index in [9.17, 15) is 0 Å². The number of pyridine rings is 1. The molecule has 6 rings (SSSR count). The van der Waals surface area contributed by atoms with Crippen LogP contribution in [0.2, 0.25) is 0 Å². The van der Waals surface area contributed by atoms with Gasteiger partial charge in [0.05, 0.1) is 18.1 Å². The Hall–Kier alpha value is -2.21. The van der Waals surface area contributed by atoms with Crippen molar-refractivity contribution < 1.29 is 0 Å². The molecule has 6 nitrogen and oxygen atoms in total. The van der Waals surface area contributed by atoms with Gasteiger partial charge in [0.15, 0.2) is 0 Å². The van der Waals surface area contributed by atoms with Crippen molar-refractivity contribution >= 4 is 17.5 Å².